The molecule has 0 unspecified atom stereocenters. The number of amides is 1. The zero-order valence-corrected chi connectivity index (χ0v) is 20.1. The molecule has 1 aliphatic rings. The largest absolute Gasteiger partial charge is 0.444 e. The van der Waals surface area contributed by atoms with E-state index in [9.17, 15) is 4.79 Å². The van der Waals surface area contributed by atoms with Crippen LogP contribution in [-0.4, -0.2) is 48.5 Å². The van der Waals surface area contributed by atoms with Crippen LogP contribution in [0.15, 0.2) is 30.9 Å². The molecule has 1 aliphatic heterocycles. The summed E-state index contributed by atoms with van der Waals surface area (Å²) in [6.07, 6.45) is 10.1. The molecular weight excluding hydrogens is 422 g/mol. The number of imidazole rings is 1. The van der Waals surface area contributed by atoms with Crippen LogP contribution in [-0.2, 0) is 4.74 Å². The second-order valence-electron chi connectivity index (χ2n) is 9.68. The SMILES string of the molecule is Cc1cn2cc(-c3cn4cc(C5CCN(C(=O)OC(C)(C)C)CC5)nc4s3)cc2c(C)n1. The highest BCUT2D eigenvalue weighted by molar-refractivity contribution is 7.20. The summed E-state index contributed by atoms with van der Waals surface area (Å²) in [5.41, 5.74) is 5.03. The molecule has 0 aliphatic carbocycles. The van der Waals surface area contributed by atoms with Crippen molar-refractivity contribution in [2.24, 2.45) is 0 Å². The summed E-state index contributed by atoms with van der Waals surface area (Å²) in [5, 5.41) is 0. The van der Waals surface area contributed by atoms with Crippen molar-refractivity contribution in [3.05, 3.63) is 47.9 Å². The van der Waals surface area contributed by atoms with E-state index < -0.39 is 5.60 Å². The normalized spacial score (nSPS) is 15.7. The van der Waals surface area contributed by atoms with Crippen LogP contribution in [0.1, 0.15) is 56.6 Å². The van der Waals surface area contributed by atoms with Gasteiger partial charge in [-0.2, -0.15) is 0 Å². The monoisotopic (exact) mass is 451 g/mol. The minimum Gasteiger partial charge on any atom is -0.444 e. The van der Waals surface area contributed by atoms with Crippen LogP contribution >= 0.6 is 11.3 Å². The lowest BCUT2D eigenvalue weighted by molar-refractivity contribution is 0.0204. The molecule has 7 nitrogen and oxygen atoms in total. The summed E-state index contributed by atoms with van der Waals surface area (Å²) in [5.74, 6) is 0.373. The van der Waals surface area contributed by atoms with Crippen LogP contribution in [0.2, 0.25) is 0 Å². The van der Waals surface area contributed by atoms with Gasteiger partial charge in [0.25, 0.3) is 0 Å². The first-order chi connectivity index (χ1) is 15.2. The van der Waals surface area contributed by atoms with Crippen molar-refractivity contribution in [2.45, 2.75) is 59.0 Å². The number of hydrogen-bond donors (Lipinski definition) is 0. The Kier molecular flexibility index (Phi) is 5.00. The predicted molar refractivity (Wildman–Crippen MR) is 127 cm³/mol. The Labute approximate surface area is 191 Å². The molecule has 0 atom stereocenters. The molecule has 5 heterocycles. The average Bonchev–Trinajstić information content (AvgIpc) is 3.39. The number of likely N-dealkylation sites (tertiary alicyclic amines) is 1. The van der Waals surface area contributed by atoms with Gasteiger partial charge in [0, 0.05) is 49.4 Å². The molecule has 4 aromatic rings. The number of aryl methyl sites for hydroxylation is 2. The third-order valence-corrected chi connectivity index (χ3v) is 6.96. The van der Waals surface area contributed by atoms with Gasteiger partial charge in [0.1, 0.15) is 5.60 Å². The number of nitrogens with zero attached hydrogens (tertiary/aromatic N) is 5. The van der Waals surface area contributed by atoms with E-state index in [-0.39, 0.29) is 6.09 Å². The van der Waals surface area contributed by atoms with Gasteiger partial charge in [-0.25, -0.2) is 9.78 Å². The Morgan fingerprint density at radius 3 is 2.50 bits per heavy atom. The van der Waals surface area contributed by atoms with Crippen molar-refractivity contribution in [1.82, 2.24) is 23.7 Å². The standard InChI is InChI=1S/C24H29N5O2S/c1-15-11-28-12-18(10-20(28)16(2)25-15)21-14-29-13-19(26-22(29)32-21)17-6-8-27(9-7-17)23(30)31-24(3,4)5/h10-14,17H,6-9H2,1-5H3. The summed E-state index contributed by atoms with van der Waals surface area (Å²) in [6, 6.07) is 2.19. The van der Waals surface area contributed by atoms with Crippen molar-refractivity contribution < 1.29 is 9.53 Å². The lowest BCUT2D eigenvalue weighted by Gasteiger charge is -2.32. The predicted octanol–water partition coefficient (Wildman–Crippen LogP) is 5.44. The van der Waals surface area contributed by atoms with Gasteiger partial charge in [-0.15, -0.1) is 0 Å². The maximum atomic E-state index is 12.3. The van der Waals surface area contributed by atoms with E-state index in [2.05, 4.69) is 44.6 Å². The second-order valence-corrected chi connectivity index (χ2v) is 10.7. The molecule has 0 aromatic carbocycles. The summed E-state index contributed by atoms with van der Waals surface area (Å²) in [6.45, 7) is 11.2. The van der Waals surface area contributed by atoms with E-state index in [4.69, 9.17) is 9.72 Å². The van der Waals surface area contributed by atoms with E-state index in [0.29, 0.717) is 19.0 Å². The third-order valence-electron chi connectivity index (χ3n) is 5.91. The molecular formula is C24H29N5O2S. The number of fused-ring (bicyclic) bond motifs is 2. The maximum Gasteiger partial charge on any atom is 0.410 e. The van der Waals surface area contributed by atoms with Gasteiger partial charge in [-0.1, -0.05) is 11.3 Å². The third kappa shape index (κ3) is 3.99. The Hall–Kier alpha value is -2.87. The zero-order valence-electron chi connectivity index (χ0n) is 19.3. The van der Waals surface area contributed by atoms with E-state index in [1.54, 1.807) is 11.3 Å². The quantitative estimate of drug-likeness (QED) is 0.407. The van der Waals surface area contributed by atoms with Crippen molar-refractivity contribution in [2.75, 3.05) is 13.1 Å². The highest BCUT2D eigenvalue weighted by Crippen LogP contribution is 2.34. The van der Waals surface area contributed by atoms with Crippen LogP contribution in [0.3, 0.4) is 0 Å². The van der Waals surface area contributed by atoms with Gasteiger partial charge in [0.05, 0.1) is 27.5 Å². The molecule has 32 heavy (non-hydrogen) atoms. The fourth-order valence-electron chi connectivity index (χ4n) is 4.39. The minimum absolute atomic E-state index is 0.216. The van der Waals surface area contributed by atoms with Gasteiger partial charge < -0.3 is 14.0 Å². The van der Waals surface area contributed by atoms with Crippen molar-refractivity contribution in [3.8, 4) is 10.4 Å². The Balaban J connectivity index is 1.31. The van der Waals surface area contributed by atoms with Crippen molar-refractivity contribution in [1.29, 1.82) is 0 Å². The molecule has 8 heteroatoms. The van der Waals surface area contributed by atoms with E-state index in [1.807, 2.05) is 39.5 Å². The van der Waals surface area contributed by atoms with E-state index in [1.165, 1.54) is 10.4 Å². The smallest absolute Gasteiger partial charge is 0.410 e. The molecule has 1 fully saturated rings. The molecule has 0 N–H and O–H groups in total. The van der Waals surface area contributed by atoms with Gasteiger partial charge in [-0.3, -0.25) is 9.38 Å². The second kappa shape index (κ2) is 7.62. The zero-order chi connectivity index (χ0) is 22.6. The van der Waals surface area contributed by atoms with Crippen LogP contribution in [0.4, 0.5) is 4.79 Å². The first-order valence-electron chi connectivity index (χ1n) is 11.1. The molecule has 1 saturated heterocycles. The number of ether oxygens (including phenoxy) is 1. The topological polar surface area (TPSA) is 64.1 Å². The lowest BCUT2D eigenvalue weighted by Crippen LogP contribution is -2.41. The van der Waals surface area contributed by atoms with Crippen LogP contribution in [0.25, 0.3) is 20.9 Å². The molecule has 0 spiro atoms. The summed E-state index contributed by atoms with van der Waals surface area (Å²) in [4.78, 5) is 25.8. The molecule has 4 aromatic heterocycles. The minimum atomic E-state index is -0.458. The van der Waals surface area contributed by atoms with E-state index in [0.717, 1.165) is 40.4 Å². The van der Waals surface area contributed by atoms with Gasteiger partial charge >= 0.3 is 6.09 Å². The maximum absolute atomic E-state index is 12.3. The first-order valence-corrected chi connectivity index (χ1v) is 11.9. The molecule has 0 bridgehead atoms. The number of aromatic nitrogens is 4. The van der Waals surface area contributed by atoms with Gasteiger partial charge in [0.2, 0.25) is 0 Å². The van der Waals surface area contributed by atoms with Crippen molar-refractivity contribution in [3.63, 3.8) is 0 Å². The first kappa shape index (κ1) is 21.0. The fraction of sp³-hybridized carbons (Fsp3) is 0.458. The summed E-state index contributed by atoms with van der Waals surface area (Å²) < 4.78 is 9.79. The molecule has 0 radical (unpaired) electrons. The Morgan fingerprint density at radius 1 is 1.06 bits per heavy atom. The van der Waals surface area contributed by atoms with Crippen molar-refractivity contribution >= 4 is 27.9 Å². The number of thiazole rings is 1. The van der Waals surface area contributed by atoms with Crippen LogP contribution in [0.5, 0.6) is 0 Å². The summed E-state index contributed by atoms with van der Waals surface area (Å²) in [7, 11) is 0. The van der Waals surface area contributed by atoms with Gasteiger partial charge in [-0.05, 0) is 53.5 Å². The Bertz CT molecular complexity index is 1270. The average molecular weight is 452 g/mol. The highest BCUT2D eigenvalue weighted by atomic mass is 32.1. The number of carbonyl (C=O) groups excluding carboxylic acids is 1. The van der Waals surface area contributed by atoms with Crippen LogP contribution in [0, 0.1) is 13.8 Å². The molecule has 5 rings (SSSR count). The fourth-order valence-corrected chi connectivity index (χ4v) is 5.35. The molecule has 1 amide bonds. The molecule has 168 valence electrons. The number of piperidine rings is 1. The highest BCUT2D eigenvalue weighted by Gasteiger charge is 2.28. The number of hydrogen-bond acceptors (Lipinski definition) is 5. The lowest BCUT2D eigenvalue weighted by atomic mass is 9.94. The molecule has 0 saturated carbocycles. The number of carbonyl (C=O) groups is 1. The number of rotatable bonds is 2. The van der Waals surface area contributed by atoms with Crippen LogP contribution < -0.4 is 0 Å². The van der Waals surface area contributed by atoms with Gasteiger partial charge in [0.15, 0.2) is 4.96 Å². The Morgan fingerprint density at radius 2 is 1.81 bits per heavy atom. The summed E-state index contributed by atoms with van der Waals surface area (Å²) >= 11 is 1.71. The van der Waals surface area contributed by atoms with E-state index >= 15 is 0 Å².